The molecule has 1 saturated carbocycles. The van der Waals surface area contributed by atoms with Crippen molar-refractivity contribution in [1.29, 1.82) is 0 Å². The van der Waals surface area contributed by atoms with Gasteiger partial charge >= 0.3 is 0 Å². The Bertz CT molecular complexity index is 397. The van der Waals surface area contributed by atoms with Crippen molar-refractivity contribution in [2.24, 2.45) is 0 Å². The Labute approximate surface area is 106 Å². The number of nitrogens with one attached hydrogen (secondary N) is 1. The minimum Gasteiger partial charge on any atom is -0.486 e. The lowest BCUT2D eigenvalue weighted by Crippen LogP contribution is -2.39. The van der Waals surface area contributed by atoms with E-state index in [1.807, 2.05) is 0 Å². The van der Waals surface area contributed by atoms with E-state index in [9.17, 15) is 8.78 Å². The summed E-state index contributed by atoms with van der Waals surface area (Å²) in [6.07, 6.45) is 4.09. The Morgan fingerprint density at radius 1 is 1.33 bits per heavy atom. The molecule has 18 heavy (non-hydrogen) atoms. The first-order chi connectivity index (χ1) is 8.70. The highest BCUT2D eigenvalue weighted by molar-refractivity contribution is 5.25. The molecule has 2 atom stereocenters. The summed E-state index contributed by atoms with van der Waals surface area (Å²) in [7, 11) is 0. The van der Waals surface area contributed by atoms with Gasteiger partial charge in [-0.3, -0.25) is 0 Å². The molecule has 0 heterocycles. The van der Waals surface area contributed by atoms with Gasteiger partial charge in [-0.25, -0.2) is 8.78 Å². The molecule has 4 heteroatoms. The van der Waals surface area contributed by atoms with Crippen LogP contribution < -0.4 is 10.1 Å². The molecule has 0 radical (unpaired) electrons. The number of ether oxygens (including phenoxy) is 1. The van der Waals surface area contributed by atoms with E-state index < -0.39 is 11.6 Å². The van der Waals surface area contributed by atoms with Crippen molar-refractivity contribution in [3.05, 3.63) is 29.8 Å². The summed E-state index contributed by atoms with van der Waals surface area (Å²) in [6, 6.07) is 3.72. The van der Waals surface area contributed by atoms with Crippen LogP contribution in [-0.2, 0) is 0 Å². The summed E-state index contributed by atoms with van der Waals surface area (Å²) < 4.78 is 32.0. The Morgan fingerprint density at radius 2 is 2.17 bits per heavy atom. The van der Waals surface area contributed by atoms with Gasteiger partial charge in [-0.1, -0.05) is 6.92 Å². The average Bonchev–Trinajstić information content (AvgIpc) is 2.77. The molecule has 0 aliphatic heterocycles. The van der Waals surface area contributed by atoms with E-state index in [2.05, 4.69) is 12.2 Å². The standard InChI is InChI=1S/C14H19F2NO/c1-2-8-17-12-4-3-5-14(12)18-13-7-6-10(15)9-11(13)16/h6-7,9,12,14,17H,2-5,8H2,1H3. The molecule has 1 aliphatic rings. The number of rotatable bonds is 5. The van der Waals surface area contributed by atoms with E-state index in [0.717, 1.165) is 38.3 Å². The zero-order chi connectivity index (χ0) is 13.0. The topological polar surface area (TPSA) is 21.3 Å². The maximum Gasteiger partial charge on any atom is 0.167 e. The van der Waals surface area contributed by atoms with Crippen molar-refractivity contribution in [2.45, 2.75) is 44.8 Å². The molecule has 1 N–H and O–H groups in total. The second kappa shape index (κ2) is 6.14. The second-order valence-electron chi connectivity index (χ2n) is 4.72. The van der Waals surface area contributed by atoms with Gasteiger partial charge in [0.2, 0.25) is 0 Å². The fourth-order valence-corrected chi connectivity index (χ4v) is 2.36. The average molecular weight is 255 g/mol. The van der Waals surface area contributed by atoms with E-state index in [4.69, 9.17) is 4.74 Å². The summed E-state index contributed by atoms with van der Waals surface area (Å²) in [5.74, 6) is -1.06. The van der Waals surface area contributed by atoms with Crippen molar-refractivity contribution in [3.8, 4) is 5.75 Å². The van der Waals surface area contributed by atoms with Crippen LogP contribution in [0.5, 0.6) is 5.75 Å². The molecule has 0 aromatic heterocycles. The number of halogens is 2. The van der Waals surface area contributed by atoms with Gasteiger partial charge in [0, 0.05) is 12.1 Å². The molecule has 0 amide bonds. The highest BCUT2D eigenvalue weighted by Gasteiger charge is 2.29. The largest absolute Gasteiger partial charge is 0.486 e. The normalized spacial score (nSPS) is 23.3. The van der Waals surface area contributed by atoms with Crippen LogP contribution >= 0.6 is 0 Å². The van der Waals surface area contributed by atoms with Crippen molar-refractivity contribution < 1.29 is 13.5 Å². The number of hydrogen-bond acceptors (Lipinski definition) is 2. The van der Waals surface area contributed by atoms with Gasteiger partial charge in [0.15, 0.2) is 11.6 Å². The van der Waals surface area contributed by atoms with Crippen LogP contribution in [0.15, 0.2) is 18.2 Å². The molecular formula is C14H19F2NO. The van der Waals surface area contributed by atoms with Crippen LogP contribution in [0.4, 0.5) is 8.78 Å². The van der Waals surface area contributed by atoms with Crippen molar-refractivity contribution in [2.75, 3.05) is 6.54 Å². The molecule has 0 bridgehead atoms. The summed E-state index contributed by atoms with van der Waals surface area (Å²) in [6.45, 7) is 3.05. The highest BCUT2D eigenvalue weighted by Crippen LogP contribution is 2.26. The Morgan fingerprint density at radius 3 is 2.89 bits per heavy atom. The fourth-order valence-electron chi connectivity index (χ4n) is 2.36. The fraction of sp³-hybridized carbons (Fsp3) is 0.571. The van der Waals surface area contributed by atoms with Crippen LogP contribution in [-0.4, -0.2) is 18.7 Å². The van der Waals surface area contributed by atoms with Gasteiger partial charge in [0.05, 0.1) is 0 Å². The van der Waals surface area contributed by atoms with Gasteiger partial charge < -0.3 is 10.1 Å². The summed E-state index contributed by atoms with van der Waals surface area (Å²) in [5, 5.41) is 3.41. The highest BCUT2D eigenvalue weighted by atomic mass is 19.1. The summed E-state index contributed by atoms with van der Waals surface area (Å²) in [5.41, 5.74) is 0. The summed E-state index contributed by atoms with van der Waals surface area (Å²) >= 11 is 0. The van der Waals surface area contributed by atoms with E-state index in [1.54, 1.807) is 0 Å². The quantitative estimate of drug-likeness (QED) is 0.872. The Kier molecular flexibility index (Phi) is 4.53. The van der Waals surface area contributed by atoms with Crippen molar-refractivity contribution >= 4 is 0 Å². The number of benzene rings is 1. The van der Waals surface area contributed by atoms with Crippen LogP contribution in [0, 0.1) is 11.6 Å². The molecule has 0 saturated heterocycles. The monoisotopic (exact) mass is 255 g/mol. The van der Waals surface area contributed by atoms with Gasteiger partial charge in [-0.15, -0.1) is 0 Å². The zero-order valence-corrected chi connectivity index (χ0v) is 10.6. The molecule has 2 nitrogen and oxygen atoms in total. The molecule has 1 aromatic rings. The minimum absolute atomic E-state index is 0.0171. The van der Waals surface area contributed by atoms with E-state index in [1.165, 1.54) is 12.1 Å². The summed E-state index contributed by atoms with van der Waals surface area (Å²) in [4.78, 5) is 0. The van der Waals surface area contributed by atoms with Gasteiger partial charge in [0.1, 0.15) is 11.9 Å². The maximum atomic E-state index is 13.5. The Hall–Kier alpha value is -1.16. The molecule has 2 unspecified atom stereocenters. The molecule has 1 fully saturated rings. The smallest absolute Gasteiger partial charge is 0.167 e. The first-order valence-electron chi connectivity index (χ1n) is 6.55. The van der Waals surface area contributed by atoms with Gasteiger partial charge in [0.25, 0.3) is 0 Å². The van der Waals surface area contributed by atoms with Crippen LogP contribution in [0.2, 0.25) is 0 Å². The third-order valence-corrected chi connectivity index (χ3v) is 3.28. The molecular weight excluding hydrogens is 236 g/mol. The van der Waals surface area contributed by atoms with Crippen LogP contribution in [0.3, 0.4) is 0 Å². The lowest BCUT2D eigenvalue weighted by molar-refractivity contribution is 0.167. The van der Waals surface area contributed by atoms with Gasteiger partial charge in [-0.2, -0.15) is 0 Å². The van der Waals surface area contributed by atoms with Crippen LogP contribution in [0.25, 0.3) is 0 Å². The molecule has 100 valence electrons. The first kappa shape index (κ1) is 13.3. The Balaban J connectivity index is 1.99. The third-order valence-electron chi connectivity index (χ3n) is 3.28. The second-order valence-corrected chi connectivity index (χ2v) is 4.72. The van der Waals surface area contributed by atoms with Crippen molar-refractivity contribution in [1.82, 2.24) is 5.32 Å². The third kappa shape index (κ3) is 3.19. The minimum atomic E-state index is -0.629. The molecule has 0 spiro atoms. The van der Waals surface area contributed by atoms with Crippen molar-refractivity contribution in [3.63, 3.8) is 0 Å². The lowest BCUT2D eigenvalue weighted by atomic mass is 10.2. The predicted octanol–water partition coefficient (Wildman–Crippen LogP) is 3.26. The number of hydrogen-bond donors (Lipinski definition) is 1. The molecule has 1 aliphatic carbocycles. The maximum absolute atomic E-state index is 13.5. The lowest BCUT2D eigenvalue weighted by Gasteiger charge is -2.22. The van der Waals surface area contributed by atoms with E-state index in [0.29, 0.717) is 0 Å². The predicted molar refractivity (Wildman–Crippen MR) is 66.7 cm³/mol. The SMILES string of the molecule is CCCNC1CCCC1Oc1ccc(F)cc1F. The van der Waals surface area contributed by atoms with Crippen LogP contribution in [0.1, 0.15) is 32.6 Å². The molecule has 2 rings (SSSR count). The first-order valence-corrected chi connectivity index (χ1v) is 6.55. The van der Waals surface area contributed by atoms with Gasteiger partial charge in [-0.05, 0) is 44.4 Å². The van der Waals surface area contributed by atoms with E-state index >= 15 is 0 Å². The molecule has 1 aromatic carbocycles. The van der Waals surface area contributed by atoms with E-state index in [-0.39, 0.29) is 17.9 Å². The zero-order valence-electron chi connectivity index (χ0n) is 10.6.